The fourth-order valence-corrected chi connectivity index (χ4v) is 2.04. The van der Waals surface area contributed by atoms with Crippen LogP contribution in [0.25, 0.3) is 5.57 Å². The average molecular weight is 256 g/mol. The second-order valence-electron chi connectivity index (χ2n) is 4.44. The molecular formula is C13H22ClN3. The van der Waals surface area contributed by atoms with Gasteiger partial charge >= 0.3 is 0 Å². The van der Waals surface area contributed by atoms with Crippen LogP contribution in [-0.2, 0) is 6.54 Å². The molecule has 0 aliphatic carbocycles. The van der Waals surface area contributed by atoms with E-state index in [1.54, 1.807) is 6.20 Å². The minimum atomic E-state index is 0.536. The zero-order valence-electron chi connectivity index (χ0n) is 11.1. The molecule has 1 rings (SSSR count). The first-order valence-electron chi connectivity index (χ1n) is 6.18. The quantitative estimate of drug-likeness (QED) is 0.790. The third-order valence-corrected chi connectivity index (χ3v) is 2.89. The Hall–Kier alpha value is -0.800. The van der Waals surface area contributed by atoms with Gasteiger partial charge in [-0.1, -0.05) is 31.5 Å². The van der Waals surface area contributed by atoms with E-state index in [1.807, 2.05) is 4.68 Å². The van der Waals surface area contributed by atoms with Crippen molar-refractivity contribution in [3.8, 4) is 0 Å². The highest BCUT2D eigenvalue weighted by Gasteiger charge is 2.09. The summed E-state index contributed by atoms with van der Waals surface area (Å²) in [7, 11) is 0. The van der Waals surface area contributed by atoms with Crippen LogP contribution in [0.4, 0.5) is 0 Å². The Labute approximate surface area is 109 Å². The third kappa shape index (κ3) is 4.17. The van der Waals surface area contributed by atoms with E-state index in [4.69, 9.17) is 11.6 Å². The lowest BCUT2D eigenvalue weighted by molar-refractivity contribution is 0.594. The maximum atomic E-state index is 6.14. The van der Waals surface area contributed by atoms with Gasteiger partial charge < -0.3 is 5.32 Å². The Kier molecular flexibility index (Phi) is 5.72. The Morgan fingerprint density at radius 3 is 2.88 bits per heavy atom. The first-order chi connectivity index (χ1) is 8.06. The highest BCUT2D eigenvalue weighted by atomic mass is 35.5. The Bertz CT molecular complexity index is 380. The molecule has 0 aliphatic heterocycles. The van der Waals surface area contributed by atoms with Gasteiger partial charge in [0.15, 0.2) is 0 Å². The molecule has 4 heteroatoms. The van der Waals surface area contributed by atoms with Gasteiger partial charge in [0.25, 0.3) is 0 Å². The maximum Gasteiger partial charge on any atom is 0.0862 e. The van der Waals surface area contributed by atoms with Crippen LogP contribution >= 0.6 is 11.6 Å². The molecule has 0 spiro atoms. The van der Waals surface area contributed by atoms with E-state index >= 15 is 0 Å². The monoisotopic (exact) mass is 255 g/mol. The van der Waals surface area contributed by atoms with Crippen molar-refractivity contribution in [1.82, 2.24) is 15.1 Å². The van der Waals surface area contributed by atoms with Crippen molar-refractivity contribution in [3.63, 3.8) is 0 Å². The second kappa shape index (κ2) is 6.82. The van der Waals surface area contributed by atoms with E-state index in [9.17, 15) is 0 Å². The van der Waals surface area contributed by atoms with Crippen LogP contribution in [0.15, 0.2) is 12.3 Å². The van der Waals surface area contributed by atoms with Gasteiger partial charge in [-0.15, -0.1) is 0 Å². The largest absolute Gasteiger partial charge is 0.314 e. The minimum absolute atomic E-state index is 0.536. The van der Waals surface area contributed by atoms with E-state index in [2.05, 4.69) is 44.2 Å². The van der Waals surface area contributed by atoms with Crippen molar-refractivity contribution in [2.75, 3.05) is 6.54 Å². The third-order valence-electron chi connectivity index (χ3n) is 2.62. The van der Waals surface area contributed by atoms with Crippen LogP contribution in [-0.4, -0.2) is 22.4 Å². The molecular weight excluding hydrogens is 234 g/mol. The van der Waals surface area contributed by atoms with Gasteiger partial charge in [-0.2, -0.15) is 5.10 Å². The fraction of sp³-hybridized carbons (Fsp3) is 0.615. The van der Waals surface area contributed by atoms with Gasteiger partial charge in [0.2, 0.25) is 0 Å². The molecule has 0 atom stereocenters. The highest BCUT2D eigenvalue weighted by Crippen LogP contribution is 2.23. The number of hydrogen-bond acceptors (Lipinski definition) is 2. The predicted octanol–water partition coefficient (Wildman–Crippen LogP) is 3.35. The van der Waals surface area contributed by atoms with Crippen LogP contribution in [0, 0.1) is 0 Å². The molecule has 0 amide bonds. The lowest BCUT2D eigenvalue weighted by Crippen LogP contribution is -2.23. The molecule has 0 unspecified atom stereocenters. The van der Waals surface area contributed by atoms with E-state index < -0.39 is 0 Å². The molecule has 1 N–H and O–H groups in total. The Balaban J connectivity index is 2.64. The minimum Gasteiger partial charge on any atom is -0.314 e. The molecule has 1 heterocycles. The van der Waals surface area contributed by atoms with Crippen LogP contribution in [0.3, 0.4) is 0 Å². The number of nitrogens with zero attached hydrogens (tertiary/aromatic N) is 2. The van der Waals surface area contributed by atoms with Gasteiger partial charge in [0.1, 0.15) is 0 Å². The standard InChI is InChI=1S/C13H22ClN3/c1-5-17-13(12(14)9-16-17)11(4)7-6-8-15-10(2)3/h7,9-10,15H,5-6,8H2,1-4H3. The summed E-state index contributed by atoms with van der Waals surface area (Å²) >= 11 is 6.14. The van der Waals surface area contributed by atoms with Crippen molar-refractivity contribution in [2.24, 2.45) is 0 Å². The lowest BCUT2D eigenvalue weighted by Gasteiger charge is -2.08. The molecule has 96 valence electrons. The number of rotatable bonds is 6. The van der Waals surface area contributed by atoms with Crippen LogP contribution in [0.5, 0.6) is 0 Å². The summed E-state index contributed by atoms with van der Waals surface area (Å²) < 4.78 is 1.93. The molecule has 3 nitrogen and oxygen atoms in total. The molecule has 0 aromatic carbocycles. The molecule has 0 saturated carbocycles. The summed E-state index contributed by atoms with van der Waals surface area (Å²) in [5.74, 6) is 0. The van der Waals surface area contributed by atoms with Crippen LogP contribution < -0.4 is 5.32 Å². The summed E-state index contributed by atoms with van der Waals surface area (Å²) in [4.78, 5) is 0. The molecule has 0 fully saturated rings. The SMILES string of the molecule is CCn1ncc(Cl)c1C(C)=CCCNC(C)C. The van der Waals surface area contributed by atoms with Gasteiger partial charge in [0.05, 0.1) is 16.9 Å². The predicted molar refractivity (Wildman–Crippen MR) is 74.3 cm³/mol. The molecule has 0 bridgehead atoms. The number of halogens is 1. The van der Waals surface area contributed by atoms with E-state index in [1.165, 1.54) is 5.57 Å². The number of aromatic nitrogens is 2. The van der Waals surface area contributed by atoms with Crippen molar-refractivity contribution >= 4 is 17.2 Å². The summed E-state index contributed by atoms with van der Waals surface area (Å²) in [6.07, 6.45) is 4.93. The fourth-order valence-electron chi connectivity index (χ4n) is 1.75. The van der Waals surface area contributed by atoms with Crippen LogP contribution in [0.2, 0.25) is 5.02 Å². The van der Waals surface area contributed by atoms with Gasteiger partial charge in [-0.3, -0.25) is 4.68 Å². The van der Waals surface area contributed by atoms with E-state index in [-0.39, 0.29) is 0 Å². The summed E-state index contributed by atoms with van der Waals surface area (Å²) in [6, 6.07) is 0.536. The molecule has 0 saturated heterocycles. The van der Waals surface area contributed by atoms with Crippen molar-refractivity contribution in [3.05, 3.63) is 23.0 Å². The average Bonchev–Trinajstić information content (AvgIpc) is 2.65. The summed E-state index contributed by atoms with van der Waals surface area (Å²) in [5, 5.41) is 8.36. The number of hydrogen-bond donors (Lipinski definition) is 1. The highest BCUT2D eigenvalue weighted by molar-refractivity contribution is 6.32. The normalized spacial score (nSPS) is 12.5. The van der Waals surface area contributed by atoms with Gasteiger partial charge in [0, 0.05) is 12.6 Å². The summed E-state index contributed by atoms with van der Waals surface area (Å²) in [5.41, 5.74) is 2.23. The topological polar surface area (TPSA) is 29.9 Å². The van der Waals surface area contributed by atoms with E-state index in [0.717, 1.165) is 30.2 Å². The number of aryl methyl sites for hydroxylation is 1. The maximum absolute atomic E-state index is 6.14. The zero-order valence-corrected chi connectivity index (χ0v) is 11.9. The van der Waals surface area contributed by atoms with Crippen LogP contribution in [0.1, 0.15) is 39.8 Å². The van der Waals surface area contributed by atoms with Crippen molar-refractivity contribution < 1.29 is 0 Å². The Morgan fingerprint density at radius 1 is 1.59 bits per heavy atom. The number of nitrogens with one attached hydrogen (secondary N) is 1. The van der Waals surface area contributed by atoms with E-state index in [0.29, 0.717) is 6.04 Å². The molecule has 17 heavy (non-hydrogen) atoms. The first-order valence-corrected chi connectivity index (χ1v) is 6.55. The molecule has 1 aromatic rings. The molecule has 1 aromatic heterocycles. The number of allylic oxidation sites excluding steroid dienone is 1. The second-order valence-corrected chi connectivity index (χ2v) is 4.85. The van der Waals surface area contributed by atoms with Crippen molar-refractivity contribution in [1.29, 1.82) is 0 Å². The first kappa shape index (κ1) is 14.3. The Morgan fingerprint density at radius 2 is 2.29 bits per heavy atom. The molecule has 0 radical (unpaired) electrons. The smallest absolute Gasteiger partial charge is 0.0862 e. The lowest BCUT2D eigenvalue weighted by atomic mass is 10.1. The van der Waals surface area contributed by atoms with Gasteiger partial charge in [-0.25, -0.2) is 0 Å². The molecule has 0 aliphatic rings. The summed E-state index contributed by atoms with van der Waals surface area (Å²) in [6.45, 7) is 10.3. The van der Waals surface area contributed by atoms with Crippen molar-refractivity contribution in [2.45, 2.75) is 46.7 Å². The zero-order chi connectivity index (χ0) is 12.8. The van der Waals surface area contributed by atoms with Gasteiger partial charge in [-0.05, 0) is 32.4 Å².